The molecule has 2 saturated heterocycles. The van der Waals surface area contributed by atoms with E-state index in [0.29, 0.717) is 0 Å². The summed E-state index contributed by atoms with van der Waals surface area (Å²) in [6.07, 6.45) is -1.96. The van der Waals surface area contributed by atoms with E-state index in [4.69, 9.17) is 9.47 Å². The van der Waals surface area contributed by atoms with E-state index in [1.165, 1.54) is 0 Å². The summed E-state index contributed by atoms with van der Waals surface area (Å²) in [7, 11) is 0. The van der Waals surface area contributed by atoms with Crippen LogP contribution in [0.1, 0.15) is 54.4 Å². The fourth-order valence-electron chi connectivity index (χ4n) is 3.73. The number of carbonyl (C=O) groups excluding carboxylic acids is 2. The second kappa shape index (κ2) is 7.70. The first-order valence-corrected chi connectivity index (χ1v) is 8.66. The van der Waals surface area contributed by atoms with Gasteiger partial charge in [0, 0.05) is 13.1 Å². The van der Waals surface area contributed by atoms with Gasteiger partial charge in [0.25, 0.3) is 0 Å². The third kappa shape index (κ3) is 5.55. The predicted molar refractivity (Wildman–Crippen MR) is 90.9 cm³/mol. The summed E-state index contributed by atoms with van der Waals surface area (Å²) in [6.45, 7) is 4.38. The number of ether oxygens (including phenoxy) is 2. The monoisotopic (exact) mass is 418 g/mol. The molecule has 3 aliphatic rings. The van der Waals surface area contributed by atoms with Crippen LogP contribution < -0.4 is 56.7 Å². The van der Waals surface area contributed by atoms with E-state index in [-0.39, 0.29) is 70.8 Å². The van der Waals surface area contributed by atoms with Crippen molar-refractivity contribution < 1.29 is 83.4 Å². The Morgan fingerprint density at radius 3 is 1.93 bits per heavy atom. The minimum atomic E-state index is -5.11. The van der Waals surface area contributed by atoms with Crippen LogP contribution in [0.3, 0.4) is 0 Å². The minimum absolute atomic E-state index is 0. The van der Waals surface area contributed by atoms with Gasteiger partial charge in [-0.15, -0.1) is 0 Å². The number of carbonyl (C=O) groups is 2. The van der Waals surface area contributed by atoms with Gasteiger partial charge in [-0.1, -0.05) is 0 Å². The van der Waals surface area contributed by atoms with Gasteiger partial charge < -0.3 is 32.6 Å². The van der Waals surface area contributed by atoms with Gasteiger partial charge in [0.15, 0.2) is 0 Å². The molecule has 1 aliphatic carbocycles. The number of hydrogen-bond acceptors (Lipinski definition) is 4. The van der Waals surface area contributed by atoms with Crippen LogP contribution in [-0.2, 0) is 9.47 Å². The molecule has 0 unspecified atom stereocenters. The molecule has 0 aromatic heterocycles. The first kappa shape index (κ1) is 25.1. The SMILES string of the molecule is CC(C)(C)OC(=O)NCC12CC([B-](F)(F)F)(CN1C(=O)OC(C)(C)C)C2.[K+]. The van der Waals surface area contributed by atoms with Crippen LogP contribution >= 0.6 is 0 Å². The molecule has 11 heteroatoms. The molecular weight excluding hydrogens is 391 g/mol. The summed E-state index contributed by atoms with van der Waals surface area (Å²) in [4.78, 5) is 25.4. The van der Waals surface area contributed by atoms with Crippen LogP contribution in [0, 0.1) is 0 Å². The number of hydrogen-bond donors (Lipinski definition) is 1. The van der Waals surface area contributed by atoms with Gasteiger partial charge in [0.2, 0.25) is 0 Å². The largest absolute Gasteiger partial charge is 1.00 e. The van der Waals surface area contributed by atoms with Crippen LogP contribution in [0.2, 0.25) is 5.31 Å². The van der Waals surface area contributed by atoms with Gasteiger partial charge in [-0.3, -0.25) is 0 Å². The molecule has 2 heterocycles. The van der Waals surface area contributed by atoms with Crippen LogP contribution in [0.15, 0.2) is 0 Å². The maximum atomic E-state index is 13.5. The second-order valence-corrected chi connectivity index (χ2v) is 9.44. The molecule has 1 N–H and O–H groups in total. The summed E-state index contributed by atoms with van der Waals surface area (Å²) < 4.78 is 51.0. The van der Waals surface area contributed by atoms with Crippen molar-refractivity contribution in [2.75, 3.05) is 13.1 Å². The fourth-order valence-corrected chi connectivity index (χ4v) is 3.73. The third-order valence-electron chi connectivity index (χ3n) is 4.68. The Morgan fingerprint density at radius 2 is 1.52 bits per heavy atom. The van der Waals surface area contributed by atoms with Crippen molar-refractivity contribution in [3.8, 4) is 0 Å². The van der Waals surface area contributed by atoms with Crippen molar-refractivity contribution in [3.63, 3.8) is 0 Å². The molecule has 3 rings (SSSR count). The van der Waals surface area contributed by atoms with Gasteiger partial charge in [0.1, 0.15) is 11.2 Å². The molecule has 6 nitrogen and oxygen atoms in total. The van der Waals surface area contributed by atoms with Crippen molar-refractivity contribution in [3.05, 3.63) is 0 Å². The Bertz CT molecular complexity index is 596. The van der Waals surface area contributed by atoms with Gasteiger partial charge in [-0.05, 0) is 59.7 Å². The Balaban J connectivity index is 0.00000364. The van der Waals surface area contributed by atoms with E-state index in [1.807, 2.05) is 0 Å². The molecule has 0 atom stereocenters. The zero-order chi connectivity index (χ0) is 20.2. The second-order valence-electron chi connectivity index (χ2n) is 9.44. The summed E-state index contributed by atoms with van der Waals surface area (Å²) in [6, 6.07) is 0. The molecule has 1 saturated carbocycles. The van der Waals surface area contributed by atoms with Crippen molar-refractivity contribution in [1.29, 1.82) is 0 Å². The Morgan fingerprint density at radius 1 is 1.04 bits per heavy atom. The maximum absolute atomic E-state index is 13.5. The Labute approximate surface area is 200 Å². The van der Waals surface area contributed by atoms with E-state index in [1.54, 1.807) is 41.5 Å². The first-order valence-electron chi connectivity index (χ1n) is 8.66. The van der Waals surface area contributed by atoms with Gasteiger partial charge in [0.05, 0.1) is 5.54 Å². The van der Waals surface area contributed by atoms with Gasteiger partial charge >= 0.3 is 70.5 Å². The van der Waals surface area contributed by atoms with Crippen molar-refractivity contribution in [2.24, 2.45) is 0 Å². The molecule has 2 aliphatic heterocycles. The Kier molecular flexibility index (Phi) is 7.15. The molecule has 3 fully saturated rings. The standard InChI is InChI=1S/C16H27BF3N2O4.K/c1-13(2,3)25-11(23)21-9-16-7-15(8-16,17(18,19)20)10-22(16)12(24)26-14(4,5)6;/h7-10H2,1-6H3,(H,21,23);/q-1;+1. The zero-order valence-corrected chi connectivity index (χ0v) is 20.2. The van der Waals surface area contributed by atoms with E-state index >= 15 is 0 Å². The van der Waals surface area contributed by atoms with Crippen LogP contribution in [0.4, 0.5) is 22.5 Å². The van der Waals surface area contributed by atoms with E-state index in [2.05, 4.69) is 5.32 Å². The number of amides is 2. The van der Waals surface area contributed by atoms with Crippen LogP contribution in [-0.4, -0.2) is 53.9 Å². The smallest absolute Gasteiger partial charge is 0.448 e. The molecule has 0 aromatic rings. The van der Waals surface area contributed by atoms with Crippen molar-refractivity contribution in [1.82, 2.24) is 10.2 Å². The molecule has 27 heavy (non-hydrogen) atoms. The van der Waals surface area contributed by atoms with Crippen molar-refractivity contribution >= 4 is 19.2 Å². The molecule has 150 valence electrons. The molecule has 0 spiro atoms. The number of fused-ring (bicyclic) bond motifs is 1. The van der Waals surface area contributed by atoms with Crippen molar-refractivity contribution in [2.45, 2.75) is 76.4 Å². The molecule has 0 radical (unpaired) electrons. The molecular formula is C16H27BF3KN2O4. The average Bonchev–Trinajstić information content (AvgIpc) is 2.82. The quantitative estimate of drug-likeness (QED) is 0.692. The summed E-state index contributed by atoms with van der Waals surface area (Å²) >= 11 is 0. The molecule has 0 aromatic carbocycles. The van der Waals surface area contributed by atoms with Crippen LogP contribution in [0.25, 0.3) is 0 Å². The van der Waals surface area contributed by atoms with E-state index in [0.717, 1.165) is 4.90 Å². The van der Waals surface area contributed by atoms with Crippen LogP contribution in [0.5, 0.6) is 0 Å². The summed E-state index contributed by atoms with van der Waals surface area (Å²) in [5, 5.41) is 0.636. The number of halogens is 3. The minimum Gasteiger partial charge on any atom is -0.448 e. The maximum Gasteiger partial charge on any atom is 1.00 e. The summed E-state index contributed by atoms with van der Waals surface area (Å²) in [5.74, 6) is 0. The topological polar surface area (TPSA) is 67.9 Å². The first-order chi connectivity index (χ1) is 11.5. The molecule has 2 bridgehead atoms. The normalized spacial score (nSPS) is 27.4. The van der Waals surface area contributed by atoms with E-state index < -0.39 is 47.8 Å². The Hall–Kier alpha value is 0.0313. The fraction of sp³-hybridized carbons (Fsp3) is 0.875. The number of nitrogens with zero attached hydrogens (tertiary/aromatic N) is 1. The molecule has 2 amide bonds. The average molecular weight is 418 g/mol. The third-order valence-corrected chi connectivity index (χ3v) is 4.68. The number of rotatable bonds is 3. The number of alkyl carbamates (subject to hydrolysis) is 1. The predicted octanol–water partition coefficient (Wildman–Crippen LogP) is 0.886. The van der Waals surface area contributed by atoms with E-state index in [9.17, 15) is 22.5 Å². The van der Waals surface area contributed by atoms with Gasteiger partial charge in [-0.25, -0.2) is 9.59 Å². The summed E-state index contributed by atoms with van der Waals surface area (Å²) in [5.41, 5.74) is -2.63. The zero-order valence-electron chi connectivity index (χ0n) is 17.1. The number of nitrogens with one attached hydrogen (secondary N) is 1. The van der Waals surface area contributed by atoms with Gasteiger partial charge in [-0.2, -0.15) is 0 Å².